The minimum atomic E-state index is 0. The molecular formula is C22H37IN4O. The molecule has 0 spiro atoms. The number of halogens is 1. The maximum absolute atomic E-state index is 12.4. The minimum absolute atomic E-state index is 0. The molecule has 0 saturated carbocycles. The molecule has 0 aromatic heterocycles. The molecule has 1 amide bonds. The number of benzene rings is 1. The van der Waals surface area contributed by atoms with Crippen molar-refractivity contribution in [3.8, 4) is 0 Å². The van der Waals surface area contributed by atoms with E-state index in [1.807, 2.05) is 43.0 Å². The maximum Gasteiger partial charge on any atom is 0.253 e. The second kappa shape index (κ2) is 9.94. The molecule has 0 atom stereocenters. The summed E-state index contributed by atoms with van der Waals surface area (Å²) in [5, 5.41) is 3.42. The van der Waals surface area contributed by atoms with Crippen molar-refractivity contribution in [3.05, 3.63) is 35.4 Å². The number of rotatable bonds is 6. The average Bonchev–Trinajstić information content (AvgIpc) is 2.64. The summed E-state index contributed by atoms with van der Waals surface area (Å²) < 4.78 is 0. The monoisotopic (exact) mass is 500 g/mol. The topological polar surface area (TPSA) is 47.9 Å². The summed E-state index contributed by atoms with van der Waals surface area (Å²) in [7, 11) is 0. The van der Waals surface area contributed by atoms with E-state index in [9.17, 15) is 4.79 Å². The summed E-state index contributed by atoms with van der Waals surface area (Å²) in [5.74, 6) is 1.05. The van der Waals surface area contributed by atoms with Crippen LogP contribution in [0.4, 0.5) is 0 Å². The van der Waals surface area contributed by atoms with Crippen LogP contribution in [0.25, 0.3) is 0 Å². The Balaban J connectivity index is 0.00000392. The van der Waals surface area contributed by atoms with Gasteiger partial charge >= 0.3 is 0 Å². The standard InChI is InChI=1S/C22H36N4O.HI/c1-8-23-20(26-16-21(4,5)22(26,6)7)24-15-17-11-13-18(14-12-17)19(27)25(9-2)10-3;/h11-14H,8-10,15-16H2,1-7H3,(H,23,24);1H. The molecule has 0 radical (unpaired) electrons. The van der Waals surface area contributed by atoms with Gasteiger partial charge in [-0.05, 0) is 52.3 Å². The third kappa shape index (κ3) is 4.99. The van der Waals surface area contributed by atoms with E-state index < -0.39 is 0 Å². The molecule has 1 aliphatic rings. The number of nitrogens with one attached hydrogen (secondary N) is 1. The Morgan fingerprint density at radius 1 is 1.11 bits per heavy atom. The second-order valence-electron chi connectivity index (χ2n) is 8.37. The summed E-state index contributed by atoms with van der Waals surface area (Å²) >= 11 is 0. The number of hydrogen-bond donors (Lipinski definition) is 1. The Labute approximate surface area is 188 Å². The number of guanidine groups is 1. The lowest BCUT2D eigenvalue weighted by molar-refractivity contribution is -0.0667. The molecule has 0 bridgehead atoms. The molecule has 1 fully saturated rings. The van der Waals surface area contributed by atoms with Crippen molar-refractivity contribution in [3.63, 3.8) is 0 Å². The zero-order valence-electron chi connectivity index (χ0n) is 18.5. The van der Waals surface area contributed by atoms with E-state index in [1.54, 1.807) is 0 Å². The Bertz CT molecular complexity index is 678. The van der Waals surface area contributed by atoms with Crippen LogP contribution in [0.5, 0.6) is 0 Å². The zero-order valence-corrected chi connectivity index (χ0v) is 20.8. The molecule has 2 rings (SSSR count). The summed E-state index contributed by atoms with van der Waals surface area (Å²) in [6.45, 7) is 19.2. The number of aliphatic imine (C=N–C) groups is 1. The van der Waals surface area contributed by atoms with Gasteiger partial charge in [-0.15, -0.1) is 24.0 Å². The van der Waals surface area contributed by atoms with Crippen molar-refractivity contribution in [1.82, 2.24) is 15.1 Å². The molecule has 28 heavy (non-hydrogen) atoms. The molecule has 158 valence electrons. The summed E-state index contributed by atoms with van der Waals surface area (Å²) in [6, 6.07) is 7.84. The molecule has 1 aromatic carbocycles. The van der Waals surface area contributed by atoms with Crippen LogP contribution in [0, 0.1) is 5.41 Å². The molecule has 6 heteroatoms. The van der Waals surface area contributed by atoms with Crippen molar-refractivity contribution in [2.75, 3.05) is 26.2 Å². The maximum atomic E-state index is 12.4. The van der Waals surface area contributed by atoms with E-state index in [2.05, 4.69) is 44.8 Å². The number of amides is 1. The molecule has 0 aliphatic carbocycles. The largest absolute Gasteiger partial charge is 0.356 e. The fourth-order valence-electron chi connectivity index (χ4n) is 3.41. The van der Waals surface area contributed by atoms with Gasteiger partial charge in [0.1, 0.15) is 0 Å². The van der Waals surface area contributed by atoms with Crippen molar-refractivity contribution in [1.29, 1.82) is 0 Å². The number of likely N-dealkylation sites (tertiary alicyclic amines) is 1. The fourth-order valence-corrected chi connectivity index (χ4v) is 3.41. The van der Waals surface area contributed by atoms with Gasteiger partial charge in [0.2, 0.25) is 0 Å². The predicted octanol–water partition coefficient (Wildman–Crippen LogP) is 4.37. The molecule has 0 unspecified atom stereocenters. The highest BCUT2D eigenvalue weighted by molar-refractivity contribution is 14.0. The van der Waals surface area contributed by atoms with Gasteiger partial charge in [0.15, 0.2) is 5.96 Å². The highest BCUT2D eigenvalue weighted by atomic mass is 127. The number of carbonyl (C=O) groups is 1. The van der Waals surface area contributed by atoms with Crippen LogP contribution in [-0.4, -0.2) is 53.4 Å². The van der Waals surface area contributed by atoms with Gasteiger partial charge in [-0.2, -0.15) is 0 Å². The zero-order chi connectivity index (χ0) is 20.2. The van der Waals surface area contributed by atoms with Crippen molar-refractivity contribution in [2.24, 2.45) is 10.4 Å². The first-order chi connectivity index (χ1) is 12.7. The fraction of sp³-hybridized carbons (Fsp3) is 0.636. The smallest absolute Gasteiger partial charge is 0.253 e. The van der Waals surface area contributed by atoms with E-state index in [1.165, 1.54) is 0 Å². The second-order valence-corrected chi connectivity index (χ2v) is 8.37. The van der Waals surface area contributed by atoms with E-state index in [0.717, 1.165) is 43.3 Å². The number of hydrogen-bond acceptors (Lipinski definition) is 2. The van der Waals surface area contributed by atoms with Crippen LogP contribution in [-0.2, 0) is 6.54 Å². The van der Waals surface area contributed by atoms with Crippen molar-refractivity contribution < 1.29 is 4.79 Å². The van der Waals surface area contributed by atoms with Gasteiger partial charge in [0.05, 0.1) is 6.54 Å². The lowest BCUT2D eigenvalue weighted by Gasteiger charge is -2.62. The van der Waals surface area contributed by atoms with Gasteiger partial charge in [-0.3, -0.25) is 4.79 Å². The van der Waals surface area contributed by atoms with Crippen LogP contribution >= 0.6 is 24.0 Å². The van der Waals surface area contributed by atoms with Crippen LogP contribution in [0.1, 0.15) is 64.4 Å². The molecular weight excluding hydrogens is 463 g/mol. The molecule has 1 aliphatic heterocycles. The third-order valence-electron chi connectivity index (χ3n) is 6.14. The van der Waals surface area contributed by atoms with E-state index in [4.69, 9.17) is 4.99 Å². The summed E-state index contributed by atoms with van der Waals surface area (Å²) in [5.41, 5.74) is 2.20. The molecule has 1 aromatic rings. The van der Waals surface area contributed by atoms with Gasteiger partial charge < -0.3 is 15.1 Å². The molecule has 1 N–H and O–H groups in total. The molecule has 1 saturated heterocycles. The van der Waals surface area contributed by atoms with Crippen molar-refractivity contribution in [2.45, 2.75) is 60.5 Å². The molecule has 5 nitrogen and oxygen atoms in total. The third-order valence-corrected chi connectivity index (χ3v) is 6.14. The lowest BCUT2D eigenvalue weighted by atomic mass is 9.65. The van der Waals surface area contributed by atoms with E-state index >= 15 is 0 Å². The van der Waals surface area contributed by atoms with Crippen LogP contribution in [0.15, 0.2) is 29.3 Å². The Morgan fingerprint density at radius 3 is 2.11 bits per heavy atom. The SMILES string of the molecule is CCNC(=NCc1ccc(C(=O)N(CC)CC)cc1)N1CC(C)(C)C1(C)C.I. The summed E-state index contributed by atoms with van der Waals surface area (Å²) in [6.07, 6.45) is 0. The molecule has 1 heterocycles. The van der Waals surface area contributed by atoms with Crippen LogP contribution in [0.2, 0.25) is 0 Å². The van der Waals surface area contributed by atoms with Gasteiger partial charge in [0, 0.05) is 42.7 Å². The van der Waals surface area contributed by atoms with Gasteiger partial charge in [0.25, 0.3) is 5.91 Å². The highest BCUT2D eigenvalue weighted by Crippen LogP contribution is 2.46. The average molecular weight is 500 g/mol. The van der Waals surface area contributed by atoms with Crippen LogP contribution < -0.4 is 5.32 Å². The number of carbonyl (C=O) groups excluding carboxylic acids is 1. The van der Waals surface area contributed by atoms with E-state index in [-0.39, 0.29) is 40.8 Å². The Hall–Kier alpha value is -1.31. The Morgan fingerprint density at radius 2 is 1.68 bits per heavy atom. The first-order valence-electron chi connectivity index (χ1n) is 10.1. The normalized spacial score (nSPS) is 17.4. The number of nitrogens with zero attached hydrogens (tertiary/aromatic N) is 3. The minimum Gasteiger partial charge on any atom is -0.356 e. The lowest BCUT2D eigenvalue weighted by Crippen LogP contribution is -2.72. The summed E-state index contributed by atoms with van der Waals surface area (Å²) in [4.78, 5) is 21.5. The van der Waals surface area contributed by atoms with E-state index in [0.29, 0.717) is 6.54 Å². The van der Waals surface area contributed by atoms with Gasteiger partial charge in [-0.1, -0.05) is 26.0 Å². The van der Waals surface area contributed by atoms with Gasteiger partial charge in [-0.25, -0.2) is 4.99 Å². The van der Waals surface area contributed by atoms with Crippen molar-refractivity contribution >= 4 is 35.8 Å². The first-order valence-corrected chi connectivity index (χ1v) is 10.1. The Kier molecular flexibility index (Phi) is 8.78. The first kappa shape index (κ1) is 24.7. The predicted molar refractivity (Wildman–Crippen MR) is 128 cm³/mol. The quantitative estimate of drug-likeness (QED) is 0.359. The van der Waals surface area contributed by atoms with Crippen LogP contribution in [0.3, 0.4) is 0 Å². The highest BCUT2D eigenvalue weighted by Gasteiger charge is 2.53.